The Balaban J connectivity index is 1.38. The van der Waals surface area contributed by atoms with Crippen molar-refractivity contribution in [3.8, 4) is 11.1 Å². The van der Waals surface area contributed by atoms with E-state index >= 15 is 0 Å². The molecule has 0 saturated carbocycles. The Morgan fingerprint density at radius 2 is 1.66 bits per heavy atom. The first-order valence-corrected chi connectivity index (χ1v) is 10.8. The van der Waals surface area contributed by atoms with Crippen molar-refractivity contribution in [2.45, 2.75) is 32.9 Å². The maximum atomic E-state index is 13.1. The number of nitrogens with one attached hydrogen (secondary N) is 1. The Kier molecular flexibility index (Phi) is 6.63. The number of aryl methyl sites for hydroxylation is 2. The van der Waals surface area contributed by atoms with Gasteiger partial charge in [0.15, 0.2) is 0 Å². The van der Waals surface area contributed by atoms with Gasteiger partial charge in [-0.1, -0.05) is 24.3 Å². The number of halogens is 3. The molecule has 0 saturated heterocycles. The van der Waals surface area contributed by atoms with E-state index in [0.29, 0.717) is 17.8 Å². The fourth-order valence-corrected chi connectivity index (χ4v) is 3.58. The lowest BCUT2D eigenvalue weighted by Crippen LogP contribution is -2.16. The monoisotopic (exact) mass is 480 g/mol. The molecule has 0 atom stereocenters. The van der Waals surface area contributed by atoms with Crippen molar-refractivity contribution in [1.82, 2.24) is 24.7 Å². The van der Waals surface area contributed by atoms with Gasteiger partial charge < -0.3 is 5.32 Å². The molecule has 180 valence electrons. The maximum absolute atomic E-state index is 13.1. The van der Waals surface area contributed by atoms with Crippen LogP contribution >= 0.6 is 0 Å². The Hall–Kier alpha value is -4.08. The largest absolute Gasteiger partial charge is 0.418 e. The topological polar surface area (TPSA) is 85.6 Å². The van der Waals surface area contributed by atoms with Crippen LogP contribution in [0.25, 0.3) is 11.1 Å². The highest BCUT2D eigenvalue weighted by Crippen LogP contribution is 2.32. The summed E-state index contributed by atoms with van der Waals surface area (Å²) in [5.41, 5.74) is 3.55. The van der Waals surface area contributed by atoms with Gasteiger partial charge in [0, 0.05) is 48.4 Å². The van der Waals surface area contributed by atoms with E-state index < -0.39 is 17.6 Å². The van der Waals surface area contributed by atoms with Crippen molar-refractivity contribution in [1.29, 1.82) is 0 Å². The van der Waals surface area contributed by atoms with Crippen LogP contribution in [-0.4, -0.2) is 30.6 Å². The van der Waals surface area contributed by atoms with Gasteiger partial charge in [0.05, 0.1) is 30.1 Å². The molecule has 0 radical (unpaired) electrons. The smallest absolute Gasteiger partial charge is 0.324 e. The van der Waals surface area contributed by atoms with Crippen LogP contribution < -0.4 is 5.32 Å². The predicted octanol–water partition coefficient (Wildman–Crippen LogP) is 4.68. The number of alkyl halides is 3. The van der Waals surface area contributed by atoms with Gasteiger partial charge >= 0.3 is 6.18 Å². The molecule has 4 aromatic rings. The van der Waals surface area contributed by atoms with Gasteiger partial charge in [0.1, 0.15) is 5.82 Å². The molecule has 0 aliphatic rings. The van der Waals surface area contributed by atoms with Crippen LogP contribution in [0.15, 0.2) is 55.1 Å². The van der Waals surface area contributed by atoms with E-state index in [0.717, 1.165) is 28.5 Å². The summed E-state index contributed by atoms with van der Waals surface area (Å²) in [5, 5.41) is 6.71. The van der Waals surface area contributed by atoms with E-state index in [-0.39, 0.29) is 17.8 Å². The summed E-state index contributed by atoms with van der Waals surface area (Å²) in [6, 6.07) is 8.16. The average molecular weight is 480 g/mol. The van der Waals surface area contributed by atoms with Gasteiger partial charge in [-0.25, -0.2) is 9.97 Å². The zero-order valence-electron chi connectivity index (χ0n) is 19.4. The highest BCUT2D eigenvalue weighted by atomic mass is 19.4. The van der Waals surface area contributed by atoms with Crippen molar-refractivity contribution in [2.24, 2.45) is 7.05 Å². The molecule has 3 heterocycles. The summed E-state index contributed by atoms with van der Waals surface area (Å²) < 4.78 is 41.0. The molecular formula is C25H23F3N6O. The van der Waals surface area contributed by atoms with E-state index in [4.69, 9.17) is 0 Å². The molecule has 0 unspecified atom stereocenters. The Bertz CT molecular complexity index is 1350. The van der Waals surface area contributed by atoms with Crippen LogP contribution in [0.3, 0.4) is 0 Å². The zero-order valence-corrected chi connectivity index (χ0v) is 19.4. The third-order valence-electron chi connectivity index (χ3n) is 5.72. The molecule has 0 bridgehead atoms. The van der Waals surface area contributed by atoms with Crippen molar-refractivity contribution in [3.63, 3.8) is 0 Å². The normalized spacial score (nSPS) is 11.5. The molecule has 7 nitrogen and oxygen atoms in total. The Morgan fingerprint density at radius 3 is 2.26 bits per heavy atom. The standard InChI is InChI=1S/C25H23F3N6O/c1-15-22(25(26,27)28)10-21(14-29-15)33-24(35)8-17-4-6-18(7-5-17)20-11-30-23(31-12-20)9-19-13-32-34(3)16(19)2/h4-7,10-14H,8-9H2,1-3H3,(H,33,35). The molecular weight excluding hydrogens is 457 g/mol. The fourth-order valence-electron chi connectivity index (χ4n) is 3.58. The molecule has 3 aromatic heterocycles. The highest BCUT2D eigenvalue weighted by Gasteiger charge is 2.33. The molecule has 0 aliphatic heterocycles. The summed E-state index contributed by atoms with van der Waals surface area (Å²) in [6.45, 7) is 3.27. The molecule has 0 spiro atoms. The number of rotatable bonds is 6. The number of nitrogens with zero attached hydrogens (tertiary/aromatic N) is 5. The zero-order chi connectivity index (χ0) is 25.2. The minimum atomic E-state index is -4.53. The third-order valence-corrected chi connectivity index (χ3v) is 5.72. The number of anilines is 1. The van der Waals surface area contributed by atoms with Crippen LogP contribution in [0.4, 0.5) is 18.9 Å². The first-order valence-electron chi connectivity index (χ1n) is 10.8. The first kappa shape index (κ1) is 24.1. The molecule has 0 fully saturated rings. The SMILES string of the molecule is Cc1ncc(NC(=O)Cc2ccc(-c3cnc(Cc4cnn(C)c4C)nc3)cc2)cc1C(F)(F)F. The second-order valence-electron chi connectivity index (χ2n) is 8.22. The maximum Gasteiger partial charge on any atom is 0.418 e. The van der Waals surface area contributed by atoms with Crippen LogP contribution in [0.5, 0.6) is 0 Å². The summed E-state index contributed by atoms with van der Waals surface area (Å²) in [6.07, 6.45) is 2.59. The predicted molar refractivity (Wildman–Crippen MR) is 125 cm³/mol. The van der Waals surface area contributed by atoms with Crippen LogP contribution in [0.1, 0.15) is 33.9 Å². The molecule has 1 aromatic carbocycles. The van der Waals surface area contributed by atoms with Crippen molar-refractivity contribution >= 4 is 11.6 Å². The average Bonchev–Trinajstić information content (AvgIpc) is 3.13. The number of amides is 1. The van der Waals surface area contributed by atoms with E-state index in [1.807, 2.05) is 37.0 Å². The Labute approximate surface area is 200 Å². The second-order valence-corrected chi connectivity index (χ2v) is 8.22. The molecule has 1 N–H and O–H groups in total. The number of hydrogen-bond donors (Lipinski definition) is 1. The number of carbonyl (C=O) groups excluding carboxylic acids is 1. The van der Waals surface area contributed by atoms with Gasteiger partial charge in [-0.3, -0.25) is 14.5 Å². The van der Waals surface area contributed by atoms with Crippen molar-refractivity contribution < 1.29 is 18.0 Å². The summed E-state index contributed by atoms with van der Waals surface area (Å²) in [7, 11) is 1.89. The van der Waals surface area contributed by atoms with E-state index in [2.05, 4.69) is 25.4 Å². The Morgan fingerprint density at radius 1 is 0.971 bits per heavy atom. The van der Waals surface area contributed by atoms with Gasteiger partial charge in [-0.2, -0.15) is 18.3 Å². The fraction of sp³-hybridized carbons (Fsp3) is 0.240. The van der Waals surface area contributed by atoms with E-state index in [9.17, 15) is 18.0 Å². The molecule has 1 amide bonds. The molecule has 10 heteroatoms. The van der Waals surface area contributed by atoms with E-state index in [1.54, 1.807) is 24.5 Å². The summed E-state index contributed by atoms with van der Waals surface area (Å²) in [5.74, 6) is 0.257. The van der Waals surface area contributed by atoms with Crippen LogP contribution in [-0.2, 0) is 30.9 Å². The first-order chi connectivity index (χ1) is 16.6. The van der Waals surface area contributed by atoms with Gasteiger partial charge in [-0.05, 0) is 31.0 Å². The number of hydrogen-bond acceptors (Lipinski definition) is 5. The highest BCUT2D eigenvalue weighted by molar-refractivity contribution is 5.92. The lowest BCUT2D eigenvalue weighted by atomic mass is 10.0. The van der Waals surface area contributed by atoms with Crippen molar-refractivity contribution in [3.05, 3.63) is 89.0 Å². The third kappa shape index (κ3) is 5.71. The number of benzene rings is 1. The van der Waals surface area contributed by atoms with Crippen LogP contribution in [0, 0.1) is 13.8 Å². The number of aromatic nitrogens is 5. The van der Waals surface area contributed by atoms with E-state index in [1.165, 1.54) is 13.1 Å². The minimum absolute atomic E-state index is 0.00302. The van der Waals surface area contributed by atoms with Gasteiger partial charge in [0.2, 0.25) is 5.91 Å². The second kappa shape index (κ2) is 9.65. The lowest BCUT2D eigenvalue weighted by molar-refractivity contribution is -0.138. The van der Waals surface area contributed by atoms with Gasteiger partial charge in [0.25, 0.3) is 0 Å². The number of pyridine rings is 1. The number of carbonyl (C=O) groups is 1. The molecule has 0 aliphatic carbocycles. The summed E-state index contributed by atoms with van der Waals surface area (Å²) in [4.78, 5) is 25.0. The quantitative estimate of drug-likeness (QED) is 0.433. The molecule has 35 heavy (non-hydrogen) atoms. The lowest BCUT2D eigenvalue weighted by Gasteiger charge is -2.12. The minimum Gasteiger partial charge on any atom is -0.324 e. The van der Waals surface area contributed by atoms with Crippen LogP contribution in [0.2, 0.25) is 0 Å². The van der Waals surface area contributed by atoms with Crippen molar-refractivity contribution in [2.75, 3.05) is 5.32 Å². The molecule has 4 rings (SSSR count). The van der Waals surface area contributed by atoms with Gasteiger partial charge in [-0.15, -0.1) is 0 Å². The summed E-state index contributed by atoms with van der Waals surface area (Å²) >= 11 is 0.